The number of aliphatic hydroxyl groups is 1. The van der Waals surface area contributed by atoms with Crippen LogP contribution in [0, 0.1) is 6.92 Å². The number of aryl methyl sites for hydroxylation is 2. The Kier molecular flexibility index (Phi) is 5.48. The first-order valence-corrected chi connectivity index (χ1v) is 8.87. The van der Waals surface area contributed by atoms with Crippen LogP contribution in [0.3, 0.4) is 0 Å². The lowest BCUT2D eigenvalue weighted by atomic mass is 10.0. The molecule has 0 unspecified atom stereocenters. The Balaban J connectivity index is 1.66. The van der Waals surface area contributed by atoms with E-state index in [1.807, 2.05) is 30.3 Å². The highest BCUT2D eigenvalue weighted by atomic mass is 16.5. The van der Waals surface area contributed by atoms with Gasteiger partial charge in [0.2, 0.25) is 11.8 Å². The molecular formula is C19H25N3O3. The minimum absolute atomic E-state index is 0.0000288. The van der Waals surface area contributed by atoms with E-state index in [0.29, 0.717) is 37.6 Å². The van der Waals surface area contributed by atoms with Crippen LogP contribution < -0.4 is 0 Å². The van der Waals surface area contributed by atoms with Crippen molar-refractivity contribution in [3.05, 3.63) is 47.6 Å². The predicted octanol–water partition coefficient (Wildman–Crippen LogP) is 2.64. The number of nitrogens with zero attached hydrogens (tertiary/aromatic N) is 3. The summed E-state index contributed by atoms with van der Waals surface area (Å²) >= 11 is 0. The van der Waals surface area contributed by atoms with Gasteiger partial charge in [0.25, 0.3) is 0 Å². The number of hydrogen-bond donors (Lipinski definition) is 1. The van der Waals surface area contributed by atoms with Crippen molar-refractivity contribution in [3.8, 4) is 0 Å². The van der Waals surface area contributed by atoms with E-state index in [4.69, 9.17) is 4.52 Å². The van der Waals surface area contributed by atoms with Crippen molar-refractivity contribution in [1.29, 1.82) is 0 Å². The molecule has 1 saturated carbocycles. The first-order chi connectivity index (χ1) is 12.0. The number of benzene rings is 1. The van der Waals surface area contributed by atoms with Gasteiger partial charge in [0, 0.05) is 25.9 Å². The van der Waals surface area contributed by atoms with Gasteiger partial charge in [0.05, 0.1) is 5.60 Å². The summed E-state index contributed by atoms with van der Waals surface area (Å²) in [6, 6.07) is 9.88. The fraction of sp³-hybridized carbons (Fsp3) is 0.526. The van der Waals surface area contributed by atoms with Crippen molar-refractivity contribution in [2.45, 2.75) is 57.6 Å². The van der Waals surface area contributed by atoms with Crippen LogP contribution in [0.2, 0.25) is 0 Å². The fourth-order valence-electron chi connectivity index (χ4n) is 3.40. The molecule has 0 bridgehead atoms. The van der Waals surface area contributed by atoms with Gasteiger partial charge in [-0.15, -0.1) is 0 Å². The van der Waals surface area contributed by atoms with Crippen molar-refractivity contribution in [2.24, 2.45) is 0 Å². The van der Waals surface area contributed by atoms with Gasteiger partial charge < -0.3 is 14.5 Å². The molecule has 0 saturated heterocycles. The second kappa shape index (κ2) is 7.78. The minimum Gasteiger partial charge on any atom is -0.388 e. The summed E-state index contributed by atoms with van der Waals surface area (Å²) < 4.78 is 5.08. The molecule has 6 heteroatoms. The number of carbonyl (C=O) groups excluding carboxylic acids is 1. The van der Waals surface area contributed by atoms with Crippen LogP contribution in [0.15, 0.2) is 34.9 Å². The van der Waals surface area contributed by atoms with Gasteiger partial charge >= 0.3 is 0 Å². The van der Waals surface area contributed by atoms with Gasteiger partial charge in [-0.2, -0.15) is 4.98 Å². The van der Waals surface area contributed by atoms with E-state index in [0.717, 1.165) is 31.2 Å². The highest BCUT2D eigenvalue weighted by Gasteiger charge is 2.34. The maximum absolute atomic E-state index is 12.8. The number of amides is 1. The number of carbonyl (C=O) groups is 1. The molecule has 0 radical (unpaired) electrons. The van der Waals surface area contributed by atoms with Crippen molar-refractivity contribution >= 4 is 5.91 Å². The van der Waals surface area contributed by atoms with Gasteiger partial charge in [-0.1, -0.05) is 48.3 Å². The highest BCUT2D eigenvalue weighted by Crippen LogP contribution is 2.30. The summed E-state index contributed by atoms with van der Waals surface area (Å²) in [7, 11) is 0. The van der Waals surface area contributed by atoms with E-state index in [-0.39, 0.29) is 5.91 Å². The Morgan fingerprint density at radius 3 is 2.64 bits per heavy atom. The molecule has 1 N–H and O–H groups in total. The van der Waals surface area contributed by atoms with Crippen LogP contribution >= 0.6 is 0 Å². The van der Waals surface area contributed by atoms with Crippen molar-refractivity contribution in [3.63, 3.8) is 0 Å². The first kappa shape index (κ1) is 17.6. The summed E-state index contributed by atoms with van der Waals surface area (Å²) in [5.41, 5.74) is 0.303. The van der Waals surface area contributed by atoms with Gasteiger partial charge in [0.15, 0.2) is 5.82 Å². The maximum Gasteiger partial charge on any atom is 0.227 e. The van der Waals surface area contributed by atoms with E-state index in [1.54, 1.807) is 11.8 Å². The van der Waals surface area contributed by atoms with E-state index in [9.17, 15) is 9.90 Å². The first-order valence-electron chi connectivity index (χ1n) is 8.87. The minimum atomic E-state index is -0.758. The Bertz CT molecular complexity index is 693. The summed E-state index contributed by atoms with van der Waals surface area (Å²) in [5.74, 6) is 1.05. The number of hydrogen-bond acceptors (Lipinski definition) is 5. The molecule has 3 rings (SSSR count). The molecule has 25 heavy (non-hydrogen) atoms. The molecule has 1 aromatic heterocycles. The topological polar surface area (TPSA) is 79.5 Å². The molecule has 0 spiro atoms. The van der Waals surface area contributed by atoms with Crippen LogP contribution in [-0.2, 0) is 17.8 Å². The molecule has 1 aromatic carbocycles. The van der Waals surface area contributed by atoms with Crippen LogP contribution in [0.5, 0.6) is 0 Å². The summed E-state index contributed by atoms with van der Waals surface area (Å²) in [5, 5.41) is 14.5. The van der Waals surface area contributed by atoms with E-state index < -0.39 is 5.60 Å². The van der Waals surface area contributed by atoms with E-state index >= 15 is 0 Å². The van der Waals surface area contributed by atoms with Gasteiger partial charge in [-0.05, 0) is 25.3 Å². The highest BCUT2D eigenvalue weighted by molar-refractivity contribution is 5.76. The smallest absolute Gasteiger partial charge is 0.227 e. The molecule has 1 amide bonds. The second-order valence-corrected chi connectivity index (χ2v) is 6.90. The zero-order chi connectivity index (χ0) is 17.7. The Morgan fingerprint density at radius 1 is 1.28 bits per heavy atom. The Morgan fingerprint density at radius 2 is 2.00 bits per heavy atom. The van der Waals surface area contributed by atoms with Crippen molar-refractivity contribution in [2.75, 3.05) is 6.54 Å². The monoisotopic (exact) mass is 343 g/mol. The number of rotatable bonds is 7. The molecule has 1 heterocycles. The average Bonchev–Trinajstić information content (AvgIpc) is 3.21. The third-order valence-electron chi connectivity index (χ3n) is 4.71. The Hall–Kier alpha value is -2.21. The molecule has 0 aliphatic heterocycles. The molecule has 1 fully saturated rings. The predicted molar refractivity (Wildman–Crippen MR) is 92.6 cm³/mol. The third-order valence-corrected chi connectivity index (χ3v) is 4.71. The maximum atomic E-state index is 12.8. The SMILES string of the molecule is Cc1noc(CCC(=O)N(Cc2ccccc2)CC2(O)CCCC2)n1. The molecule has 134 valence electrons. The summed E-state index contributed by atoms with van der Waals surface area (Å²) in [6.45, 7) is 2.64. The molecule has 1 aliphatic carbocycles. The van der Waals surface area contributed by atoms with Crippen molar-refractivity contribution in [1.82, 2.24) is 15.0 Å². The summed E-state index contributed by atoms with van der Waals surface area (Å²) in [6.07, 6.45) is 4.27. The van der Waals surface area contributed by atoms with Gasteiger partial charge in [-0.25, -0.2) is 0 Å². The Labute approximate surface area is 147 Å². The normalized spacial score (nSPS) is 16.1. The van der Waals surface area contributed by atoms with E-state index in [2.05, 4.69) is 10.1 Å². The van der Waals surface area contributed by atoms with Crippen LogP contribution in [0.1, 0.15) is 49.4 Å². The van der Waals surface area contributed by atoms with E-state index in [1.165, 1.54) is 0 Å². The average molecular weight is 343 g/mol. The van der Waals surface area contributed by atoms with Crippen molar-refractivity contribution < 1.29 is 14.4 Å². The lowest BCUT2D eigenvalue weighted by Gasteiger charge is -2.31. The van der Waals surface area contributed by atoms with Crippen LogP contribution in [0.25, 0.3) is 0 Å². The molecule has 0 atom stereocenters. The largest absolute Gasteiger partial charge is 0.388 e. The van der Waals surface area contributed by atoms with Gasteiger partial charge in [0.1, 0.15) is 0 Å². The molecule has 2 aromatic rings. The molecular weight excluding hydrogens is 318 g/mol. The quantitative estimate of drug-likeness (QED) is 0.836. The second-order valence-electron chi connectivity index (χ2n) is 6.90. The number of aromatic nitrogens is 2. The third kappa shape index (κ3) is 4.89. The van der Waals surface area contributed by atoms with Crippen LogP contribution in [-0.4, -0.2) is 38.2 Å². The lowest BCUT2D eigenvalue weighted by Crippen LogP contribution is -2.43. The summed E-state index contributed by atoms with van der Waals surface area (Å²) in [4.78, 5) is 18.7. The standard InChI is InChI=1S/C19H25N3O3/c1-15-20-17(25-21-15)9-10-18(23)22(13-16-7-3-2-4-8-16)14-19(24)11-5-6-12-19/h2-4,7-8,24H,5-6,9-14H2,1H3. The molecule has 1 aliphatic rings. The molecule has 6 nitrogen and oxygen atoms in total. The fourth-order valence-corrected chi connectivity index (χ4v) is 3.40. The van der Waals surface area contributed by atoms with Gasteiger partial charge in [-0.3, -0.25) is 4.79 Å². The zero-order valence-electron chi connectivity index (χ0n) is 14.6. The van der Waals surface area contributed by atoms with Crippen LogP contribution in [0.4, 0.5) is 0 Å². The zero-order valence-corrected chi connectivity index (χ0v) is 14.6. The lowest BCUT2D eigenvalue weighted by molar-refractivity contribution is -0.135.